The minimum atomic E-state index is -0.544. The molecule has 15 heavy (non-hydrogen) atoms. The van der Waals surface area contributed by atoms with E-state index in [-0.39, 0.29) is 17.7 Å². The van der Waals surface area contributed by atoms with Crippen LogP contribution in [0.15, 0.2) is 24.3 Å². The van der Waals surface area contributed by atoms with E-state index in [4.69, 9.17) is 9.47 Å². The summed E-state index contributed by atoms with van der Waals surface area (Å²) >= 11 is 0. The Hall–Kier alpha value is -1.58. The minimum Gasteiger partial charge on any atom is -0.455 e. The summed E-state index contributed by atoms with van der Waals surface area (Å²) in [4.78, 5) is 11.1. The van der Waals surface area contributed by atoms with Crippen LogP contribution < -0.4 is 4.74 Å². The molecule has 1 heterocycles. The van der Waals surface area contributed by atoms with Crippen molar-refractivity contribution >= 4 is 5.97 Å². The number of ether oxygens (including phenoxy) is 2. The molecule has 1 saturated heterocycles. The van der Waals surface area contributed by atoms with Crippen LogP contribution >= 0.6 is 0 Å². The molecule has 3 nitrogen and oxygen atoms in total. The van der Waals surface area contributed by atoms with Gasteiger partial charge in [0.15, 0.2) is 0 Å². The minimum absolute atomic E-state index is 0.129. The molecule has 1 fully saturated rings. The van der Waals surface area contributed by atoms with Crippen LogP contribution in [-0.2, 0) is 9.53 Å². The number of rotatable bonds is 2. The molecule has 0 saturated carbocycles. The second-order valence-corrected chi connectivity index (χ2v) is 3.57. The molecule has 80 valence electrons. The van der Waals surface area contributed by atoms with Gasteiger partial charge in [-0.15, -0.1) is 0 Å². The van der Waals surface area contributed by atoms with E-state index < -0.39 is 6.29 Å². The molecule has 0 aliphatic carbocycles. The maximum absolute atomic E-state index is 12.6. The zero-order chi connectivity index (χ0) is 10.8. The first kappa shape index (κ1) is 9.96. The fourth-order valence-electron chi connectivity index (χ4n) is 1.42. The highest BCUT2D eigenvalue weighted by atomic mass is 19.1. The Balaban J connectivity index is 1.98. The van der Waals surface area contributed by atoms with Gasteiger partial charge in [0, 0.05) is 6.42 Å². The molecule has 0 radical (unpaired) electrons. The molecule has 4 heteroatoms. The Morgan fingerprint density at radius 2 is 2.07 bits per heavy atom. The summed E-state index contributed by atoms with van der Waals surface area (Å²) in [5.41, 5.74) is 0. The first-order chi connectivity index (χ1) is 7.15. The highest BCUT2D eigenvalue weighted by Crippen LogP contribution is 2.23. The predicted molar refractivity (Wildman–Crippen MR) is 50.7 cm³/mol. The summed E-state index contributed by atoms with van der Waals surface area (Å²) in [5, 5.41) is 0. The van der Waals surface area contributed by atoms with Crippen molar-refractivity contribution < 1.29 is 18.7 Å². The Labute approximate surface area is 86.8 Å². The molecule has 2 atom stereocenters. The number of hydrogen-bond donors (Lipinski definition) is 0. The van der Waals surface area contributed by atoms with Crippen LogP contribution in [-0.4, -0.2) is 12.3 Å². The van der Waals surface area contributed by atoms with Gasteiger partial charge in [0.25, 0.3) is 0 Å². The van der Waals surface area contributed by atoms with Crippen molar-refractivity contribution in [2.45, 2.75) is 19.6 Å². The lowest BCUT2D eigenvalue weighted by molar-refractivity contribution is -0.152. The van der Waals surface area contributed by atoms with E-state index in [9.17, 15) is 9.18 Å². The van der Waals surface area contributed by atoms with Gasteiger partial charge in [-0.1, -0.05) is 6.92 Å². The second-order valence-electron chi connectivity index (χ2n) is 3.57. The maximum atomic E-state index is 12.6. The Bertz CT molecular complexity index is 361. The van der Waals surface area contributed by atoms with E-state index in [0.29, 0.717) is 12.2 Å². The van der Waals surface area contributed by atoms with Gasteiger partial charge in [-0.2, -0.15) is 0 Å². The van der Waals surface area contributed by atoms with Crippen molar-refractivity contribution in [3.05, 3.63) is 30.1 Å². The molecular formula is C11H11FO3. The number of halogens is 1. The fourth-order valence-corrected chi connectivity index (χ4v) is 1.42. The van der Waals surface area contributed by atoms with Gasteiger partial charge in [-0.05, 0) is 24.3 Å². The highest BCUT2D eigenvalue weighted by molar-refractivity contribution is 5.73. The molecule has 1 aliphatic rings. The Kier molecular flexibility index (Phi) is 2.58. The van der Waals surface area contributed by atoms with Gasteiger partial charge in [-0.25, -0.2) is 4.39 Å². The average molecular weight is 210 g/mol. The maximum Gasteiger partial charge on any atom is 0.312 e. The number of carbonyl (C=O) groups excluding carboxylic acids is 1. The van der Waals surface area contributed by atoms with Crippen molar-refractivity contribution in [3.63, 3.8) is 0 Å². The van der Waals surface area contributed by atoms with Gasteiger partial charge < -0.3 is 9.47 Å². The number of carbonyl (C=O) groups is 1. The number of cyclic esters (lactones) is 1. The second kappa shape index (κ2) is 3.88. The first-order valence-corrected chi connectivity index (χ1v) is 4.78. The van der Waals surface area contributed by atoms with Crippen molar-refractivity contribution in [2.24, 2.45) is 5.92 Å². The molecule has 1 unspecified atom stereocenters. The number of esters is 1. The van der Waals surface area contributed by atoms with Crippen molar-refractivity contribution in [2.75, 3.05) is 0 Å². The topological polar surface area (TPSA) is 35.5 Å². The van der Waals surface area contributed by atoms with E-state index in [0.717, 1.165) is 0 Å². The van der Waals surface area contributed by atoms with Crippen LogP contribution in [0.5, 0.6) is 5.75 Å². The third kappa shape index (κ3) is 2.26. The lowest BCUT2D eigenvalue weighted by Crippen LogP contribution is -2.15. The summed E-state index contributed by atoms with van der Waals surface area (Å²) in [5.74, 6) is -0.194. The summed E-state index contributed by atoms with van der Waals surface area (Å²) < 4.78 is 22.9. The third-order valence-corrected chi connectivity index (χ3v) is 2.28. The molecule has 1 aromatic carbocycles. The summed E-state index contributed by atoms with van der Waals surface area (Å²) in [6, 6.07) is 5.61. The number of hydrogen-bond acceptors (Lipinski definition) is 3. The number of benzene rings is 1. The average Bonchev–Trinajstić information content (AvgIpc) is 2.50. The lowest BCUT2D eigenvalue weighted by atomic mass is 10.1. The SMILES string of the molecule is C[C@H]1CC(Oc2ccc(F)cc2)OC1=O. The van der Waals surface area contributed by atoms with Crippen LogP contribution in [0, 0.1) is 11.7 Å². The van der Waals surface area contributed by atoms with Gasteiger partial charge in [0.1, 0.15) is 11.6 Å². The van der Waals surface area contributed by atoms with Crippen LogP contribution in [0.2, 0.25) is 0 Å². The Morgan fingerprint density at radius 3 is 2.60 bits per heavy atom. The van der Waals surface area contributed by atoms with Crippen LogP contribution in [0.25, 0.3) is 0 Å². The quantitative estimate of drug-likeness (QED) is 0.701. The van der Waals surface area contributed by atoms with Crippen LogP contribution in [0.4, 0.5) is 4.39 Å². The zero-order valence-corrected chi connectivity index (χ0v) is 8.27. The van der Waals surface area contributed by atoms with E-state index in [1.165, 1.54) is 24.3 Å². The standard InChI is InChI=1S/C11H11FO3/c1-7-6-10(15-11(7)13)14-9-4-2-8(12)3-5-9/h2-5,7,10H,6H2,1H3/t7-,10?/m0/s1. The van der Waals surface area contributed by atoms with E-state index in [2.05, 4.69) is 0 Å². The Morgan fingerprint density at radius 1 is 1.40 bits per heavy atom. The van der Waals surface area contributed by atoms with Gasteiger partial charge >= 0.3 is 5.97 Å². The molecular weight excluding hydrogens is 199 g/mol. The molecule has 2 rings (SSSR count). The molecule has 0 aromatic heterocycles. The normalized spacial score (nSPS) is 25.1. The molecule has 1 aromatic rings. The zero-order valence-electron chi connectivity index (χ0n) is 8.27. The summed E-state index contributed by atoms with van der Waals surface area (Å²) in [6.45, 7) is 1.79. The third-order valence-electron chi connectivity index (χ3n) is 2.28. The molecule has 0 N–H and O–H groups in total. The summed E-state index contributed by atoms with van der Waals surface area (Å²) in [6.07, 6.45) is -0.00565. The molecule has 0 amide bonds. The van der Waals surface area contributed by atoms with E-state index in [1.807, 2.05) is 0 Å². The van der Waals surface area contributed by atoms with E-state index >= 15 is 0 Å². The summed E-state index contributed by atoms with van der Waals surface area (Å²) in [7, 11) is 0. The van der Waals surface area contributed by atoms with Gasteiger partial charge in [0.05, 0.1) is 5.92 Å². The fraction of sp³-hybridized carbons (Fsp3) is 0.364. The predicted octanol–water partition coefficient (Wildman–Crippen LogP) is 2.11. The van der Waals surface area contributed by atoms with Crippen molar-refractivity contribution in [1.82, 2.24) is 0 Å². The van der Waals surface area contributed by atoms with Gasteiger partial charge in [0.2, 0.25) is 6.29 Å². The smallest absolute Gasteiger partial charge is 0.312 e. The monoisotopic (exact) mass is 210 g/mol. The van der Waals surface area contributed by atoms with Crippen LogP contribution in [0.3, 0.4) is 0 Å². The first-order valence-electron chi connectivity index (χ1n) is 4.78. The van der Waals surface area contributed by atoms with Crippen LogP contribution in [0.1, 0.15) is 13.3 Å². The molecule has 0 spiro atoms. The van der Waals surface area contributed by atoms with Crippen molar-refractivity contribution in [1.29, 1.82) is 0 Å². The lowest BCUT2D eigenvalue weighted by Gasteiger charge is -2.11. The molecule has 0 bridgehead atoms. The highest BCUT2D eigenvalue weighted by Gasteiger charge is 2.32. The van der Waals surface area contributed by atoms with Crippen molar-refractivity contribution in [3.8, 4) is 5.75 Å². The van der Waals surface area contributed by atoms with Gasteiger partial charge in [-0.3, -0.25) is 4.79 Å². The molecule has 1 aliphatic heterocycles. The van der Waals surface area contributed by atoms with E-state index in [1.54, 1.807) is 6.92 Å². The largest absolute Gasteiger partial charge is 0.455 e.